The van der Waals surface area contributed by atoms with Crippen molar-refractivity contribution in [3.05, 3.63) is 18.1 Å². The Hall–Kier alpha value is -1.98. The number of aromatic nitrogens is 2. The van der Waals surface area contributed by atoms with Crippen LogP contribution in [0.1, 0.15) is 71.4 Å². The van der Waals surface area contributed by atoms with Gasteiger partial charge in [-0.25, -0.2) is 4.98 Å². The zero-order chi connectivity index (χ0) is 26.1. The third-order valence-electron chi connectivity index (χ3n) is 7.65. The van der Waals surface area contributed by atoms with Crippen LogP contribution in [0, 0.1) is 17.3 Å². The SMILES string of the molecule is CC1(C)OC2CCOC(CNC(=O)C3(C)CC4CCCC(C4)C3)C2O1.Nc1cncc(C(F)(F)F)n1. The Morgan fingerprint density at radius 2 is 1.83 bits per heavy atom. The maximum absolute atomic E-state index is 13.0. The molecule has 1 aromatic heterocycles. The normalized spacial score (nSPS) is 35.2. The largest absolute Gasteiger partial charge is 0.434 e. The second-order valence-corrected chi connectivity index (χ2v) is 11.2. The van der Waals surface area contributed by atoms with Gasteiger partial charge in [0.25, 0.3) is 0 Å². The fourth-order valence-corrected chi connectivity index (χ4v) is 6.25. The number of nitrogen functional groups attached to an aromatic ring is 1. The predicted molar refractivity (Wildman–Crippen MR) is 125 cm³/mol. The van der Waals surface area contributed by atoms with E-state index >= 15 is 0 Å². The monoisotopic (exact) mass is 514 g/mol. The first-order valence-corrected chi connectivity index (χ1v) is 12.7. The summed E-state index contributed by atoms with van der Waals surface area (Å²) in [6.07, 6.45) is 5.31. The van der Waals surface area contributed by atoms with Gasteiger partial charge in [-0.2, -0.15) is 13.2 Å². The second kappa shape index (κ2) is 10.4. The topological polar surface area (TPSA) is 109 Å². The zero-order valence-corrected chi connectivity index (χ0v) is 21.1. The van der Waals surface area contributed by atoms with Crippen LogP contribution < -0.4 is 11.1 Å². The number of carbonyl (C=O) groups is 1. The van der Waals surface area contributed by atoms with Crippen molar-refractivity contribution in [2.75, 3.05) is 18.9 Å². The summed E-state index contributed by atoms with van der Waals surface area (Å²) in [5, 5.41) is 3.19. The van der Waals surface area contributed by atoms with E-state index in [1.54, 1.807) is 0 Å². The van der Waals surface area contributed by atoms with Crippen molar-refractivity contribution in [2.24, 2.45) is 17.3 Å². The highest BCUT2D eigenvalue weighted by Crippen LogP contribution is 2.48. The van der Waals surface area contributed by atoms with Crippen LogP contribution in [0.3, 0.4) is 0 Å². The van der Waals surface area contributed by atoms with Crippen LogP contribution in [-0.2, 0) is 25.2 Å². The number of fused-ring (bicyclic) bond motifs is 3. The molecule has 11 heteroatoms. The van der Waals surface area contributed by atoms with Crippen molar-refractivity contribution < 1.29 is 32.2 Å². The Labute approximate surface area is 209 Å². The number of nitrogens with two attached hydrogens (primary N) is 1. The number of hydrogen-bond acceptors (Lipinski definition) is 7. The Morgan fingerprint density at radius 1 is 1.14 bits per heavy atom. The predicted octanol–water partition coefficient (Wildman–Crippen LogP) is 4.10. The molecule has 5 atom stereocenters. The minimum absolute atomic E-state index is 0.0790. The molecule has 2 bridgehead atoms. The minimum Gasteiger partial charge on any atom is -0.382 e. The number of nitrogens with one attached hydrogen (secondary N) is 1. The van der Waals surface area contributed by atoms with Gasteiger partial charge in [-0.3, -0.25) is 9.78 Å². The Balaban J connectivity index is 0.000000233. The lowest BCUT2D eigenvalue weighted by Gasteiger charge is -2.44. The van der Waals surface area contributed by atoms with Crippen molar-refractivity contribution in [1.29, 1.82) is 0 Å². The fraction of sp³-hybridized carbons (Fsp3) is 0.800. The number of hydrogen-bond donors (Lipinski definition) is 2. The summed E-state index contributed by atoms with van der Waals surface area (Å²) in [5.41, 5.74) is 3.70. The molecule has 202 valence electrons. The summed E-state index contributed by atoms with van der Waals surface area (Å²) in [7, 11) is 0. The molecule has 3 N–H and O–H groups in total. The number of alkyl halides is 3. The number of ether oxygens (including phenoxy) is 3. The van der Waals surface area contributed by atoms with E-state index in [1.165, 1.54) is 25.7 Å². The van der Waals surface area contributed by atoms with Crippen LogP contribution in [0.4, 0.5) is 19.0 Å². The summed E-state index contributed by atoms with van der Waals surface area (Å²) in [6, 6.07) is 0. The van der Waals surface area contributed by atoms with E-state index in [0.717, 1.165) is 37.3 Å². The van der Waals surface area contributed by atoms with E-state index in [2.05, 4.69) is 22.2 Å². The van der Waals surface area contributed by atoms with Gasteiger partial charge in [0.1, 0.15) is 18.0 Å². The highest BCUT2D eigenvalue weighted by molar-refractivity contribution is 5.82. The van der Waals surface area contributed by atoms with Crippen molar-refractivity contribution >= 4 is 11.7 Å². The number of nitrogens with zero attached hydrogens (tertiary/aromatic N) is 2. The summed E-state index contributed by atoms with van der Waals surface area (Å²) >= 11 is 0. The van der Waals surface area contributed by atoms with Crippen molar-refractivity contribution in [2.45, 2.75) is 96.0 Å². The van der Waals surface area contributed by atoms with E-state index in [-0.39, 0.29) is 35.5 Å². The van der Waals surface area contributed by atoms with E-state index < -0.39 is 17.7 Å². The summed E-state index contributed by atoms with van der Waals surface area (Å²) in [5.74, 6) is 0.891. The molecule has 0 radical (unpaired) electrons. The zero-order valence-electron chi connectivity index (χ0n) is 21.1. The number of amides is 1. The van der Waals surface area contributed by atoms with Crippen molar-refractivity contribution in [3.8, 4) is 0 Å². The van der Waals surface area contributed by atoms with Crippen LogP contribution in [0.15, 0.2) is 12.4 Å². The highest BCUT2D eigenvalue weighted by Gasteiger charge is 2.48. The molecule has 2 aliphatic carbocycles. The summed E-state index contributed by atoms with van der Waals surface area (Å²) in [4.78, 5) is 19.3. The molecule has 3 heterocycles. The van der Waals surface area contributed by atoms with Crippen LogP contribution in [0.2, 0.25) is 0 Å². The number of halogens is 3. The van der Waals surface area contributed by atoms with Crippen molar-refractivity contribution in [3.63, 3.8) is 0 Å². The van der Waals surface area contributed by atoms with Crippen LogP contribution in [0.5, 0.6) is 0 Å². The van der Waals surface area contributed by atoms with E-state index in [0.29, 0.717) is 19.3 Å². The Morgan fingerprint density at radius 3 is 2.44 bits per heavy atom. The molecule has 4 fully saturated rings. The van der Waals surface area contributed by atoms with Crippen LogP contribution >= 0.6 is 0 Å². The average Bonchev–Trinajstić information content (AvgIpc) is 3.11. The molecule has 2 saturated heterocycles. The van der Waals surface area contributed by atoms with Gasteiger partial charge in [0.15, 0.2) is 11.5 Å². The molecule has 5 unspecified atom stereocenters. The molecule has 0 aromatic carbocycles. The van der Waals surface area contributed by atoms with Crippen LogP contribution in [-0.4, -0.2) is 53.1 Å². The Bertz CT molecular complexity index is 917. The minimum atomic E-state index is -4.47. The van der Waals surface area contributed by atoms with Gasteiger partial charge in [-0.1, -0.05) is 26.2 Å². The van der Waals surface area contributed by atoms with Gasteiger partial charge >= 0.3 is 6.18 Å². The summed E-state index contributed by atoms with van der Waals surface area (Å²) < 4.78 is 53.3. The lowest BCUT2D eigenvalue weighted by atomic mass is 9.61. The van der Waals surface area contributed by atoms with Gasteiger partial charge in [0.05, 0.1) is 18.5 Å². The molecule has 8 nitrogen and oxygen atoms in total. The molecule has 1 aromatic rings. The first-order chi connectivity index (χ1) is 16.8. The molecule has 4 aliphatic rings. The third kappa shape index (κ3) is 6.47. The molecule has 36 heavy (non-hydrogen) atoms. The third-order valence-corrected chi connectivity index (χ3v) is 7.65. The molecule has 5 rings (SSSR count). The second-order valence-electron chi connectivity index (χ2n) is 11.2. The average molecular weight is 515 g/mol. The smallest absolute Gasteiger partial charge is 0.382 e. The van der Waals surface area contributed by atoms with Gasteiger partial charge < -0.3 is 25.3 Å². The van der Waals surface area contributed by atoms with Crippen molar-refractivity contribution in [1.82, 2.24) is 15.3 Å². The molecule has 2 saturated carbocycles. The summed E-state index contributed by atoms with van der Waals surface area (Å²) in [6.45, 7) is 7.24. The molecular formula is C25H37F3N4O4. The standard InChI is InChI=1S/C20H33NO4.C5H4F3N3/c1-19(2)24-15-7-8-23-16(17(15)25-19)12-21-18(22)20(3)10-13-5-4-6-14(9-13)11-20;6-5(7,8)3-1-10-2-4(9)11-3/h13-17H,4-12H2,1-3H3,(H,21,22);1-2H,(H2,9,11). The lowest BCUT2D eigenvalue weighted by Crippen LogP contribution is -2.52. The fourth-order valence-electron chi connectivity index (χ4n) is 6.25. The maximum atomic E-state index is 13.0. The first-order valence-electron chi connectivity index (χ1n) is 12.7. The van der Waals surface area contributed by atoms with E-state index in [9.17, 15) is 18.0 Å². The maximum Gasteiger partial charge on any atom is 0.434 e. The lowest BCUT2D eigenvalue weighted by molar-refractivity contribution is -0.154. The van der Waals surface area contributed by atoms with Gasteiger partial charge in [-0.05, 0) is 51.4 Å². The van der Waals surface area contributed by atoms with Gasteiger partial charge in [0, 0.05) is 18.6 Å². The first kappa shape index (κ1) is 27.1. The molecule has 0 spiro atoms. The molecule has 1 amide bonds. The van der Waals surface area contributed by atoms with Gasteiger partial charge in [0.2, 0.25) is 5.91 Å². The molecular weight excluding hydrogens is 477 g/mol. The molecule has 2 aliphatic heterocycles. The van der Waals surface area contributed by atoms with E-state index in [4.69, 9.17) is 19.9 Å². The quantitative estimate of drug-likeness (QED) is 0.625. The van der Waals surface area contributed by atoms with Gasteiger partial charge in [-0.15, -0.1) is 0 Å². The Kier molecular flexibility index (Phi) is 7.83. The number of anilines is 1. The van der Waals surface area contributed by atoms with Crippen LogP contribution in [0.25, 0.3) is 0 Å². The highest BCUT2D eigenvalue weighted by atomic mass is 19.4. The number of rotatable bonds is 3. The number of carbonyl (C=O) groups excluding carboxylic acids is 1. The van der Waals surface area contributed by atoms with E-state index in [1.807, 2.05) is 13.8 Å².